The number of carbonyl (C=O) groups excluding carboxylic acids is 1. The quantitative estimate of drug-likeness (QED) is 0.773. The van der Waals surface area contributed by atoms with E-state index in [2.05, 4.69) is 10.4 Å². The molecule has 0 saturated carbocycles. The van der Waals surface area contributed by atoms with Crippen molar-refractivity contribution in [3.63, 3.8) is 0 Å². The summed E-state index contributed by atoms with van der Waals surface area (Å²) in [5.41, 5.74) is 2.13. The number of nitrogens with zero attached hydrogens (tertiary/aromatic N) is 2. The molecule has 0 saturated heterocycles. The van der Waals surface area contributed by atoms with Gasteiger partial charge in [-0.05, 0) is 30.2 Å². The minimum absolute atomic E-state index is 0.116. The lowest BCUT2D eigenvalue weighted by Crippen LogP contribution is -2.12. The number of amides is 1. The summed E-state index contributed by atoms with van der Waals surface area (Å²) in [6.45, 7) is -2.67. The number of hydrogen-bond acceptors (Lipinski definition) is 2. The van der Waals surface area contributed by atoms with Crippen LogP contribution in [0.3, 0.4) is 0 Å². The lowest BCUT2D eigenvalue weighted by Gasteiger charge is -2.05. The number of nitrogens with one attached hydrogen (secondary N) is 1. The molecule has 6 heteroatoms. The number of aromatic nitrogens is 2. The van der Waals surface area contributed by atoms with E-state index in [-0.39, 0.29) is 5.91 Å². The van der Waals surface area contributed by atoms with E-state index in [9.17, 15) is 13.6 Å². The molecule has 4 nitrogen and oxygen atoms in total. The molecule has 0 radical (unpaired) electrons. The number of anilines is 1. The van der Waals surface area contributed by atoms with Crippen LogP contribution in [0.1, 0.15) is 18.5 Å². The zero-order valence-corrected chi connectivity index (χ0v) is 12.2. The standard InChI is InChI=1S/C17H15F2N3O/c18-17(19)22-11-13-10-14(7-8-15(13)21-22)20-16(23)9-6-12-4-2-1-3-5-12/h1-5,7-8,10-11,17H,6,9H2,(H,20,23). The molecular weight excluding hydrogens is 300 g/mol. The first-order valence-electron chi connectivity index (χ1n) is 7.23. The van der Waals surface area contributed by atoms with Gasteiger partial charge in [-0.15, -0.1) is 0 Å². The summed E-state index contributed by atoms with van der Waals surface area (Å²) in [5, 5.41) is 7.10. The fourth-order valence-corrected chi connectivity index (χ4v) is 2.35. The average Bonchev–Trinajstić information content (AvgIpc) is 2.97. The van der Waals surface area contributed by atoms with Crippen LogP contribution in [0.25, 0.3) is 10.9 Å². The lowest BCUT2D eigenvalue weighted by molar-refractivity contribution is -0.116. The summed E-state index contributed by atoms with van der Waals surface area (Å²) in [7, 11) is 0. The molecule has 2 aromatic carbocycles. The maximum atomic E-state index is 12.6. The van der Waals surface area contributed by atoms with Crippen molar-refractivity contribution in [1.29, 1.82) is 0 Å². The van der Waals surface area contributed by atoms with Crippen molar-refractivity contribution in [2.75, 3.05) is 5.32 Å². The number of rotatable bonds is 5. The third-order valence-electron chi connectivity index (χ3n) is 3.49. The molecule has 0 aliphatic carbocycles. The lowest BCUT2D eigenvalue weighted by atomic mass is 10.1. The number of aryl methyl sites for hydroxylation is 1. The first-order chi connectivity index (χ1) is 11.1. The van der Waals surface area contributed by atoms with Gasteiger partial charge < -0.3 is 5.32 Å². The van der Waals surface area contributed by atoms with Crippen molar-refractivity contribution in [3.8, 4) is 0 Å². The van der Waals surface area contributed by atoms with Crippen molar-refractivity contribution in [2.45, 2.75) is 19.4 Å². The van der Waals surface area contributed by atoms with E-state index in [0.29, 0.717) is 34.1 Å². The van der Waals surface area contributed by atoms with Crippen LogP contribution < -0.4 is 5.32 Å². The molecule has 0 spiro atoms. The molecule has 0 bridgehead atoms. The van der Waals surface area contributed by atoms with Crippen LogP contribution in [0.4, 0.5) is 14.5 Å². The Morgan fingerprint density at radius 3 is 2.70 bits per heavy atom. The summed E-state index contributed by atoms with van der Waals surface area (Å²) in [4.78, 5) is 12.0. The largest absolute Gasteiger partial charge is 0.333 e. The van der Waals surface area contributed by atoms with E-state index in [1.54, 1.807) is 18.2 Å². The van der Waals surface area contributed by atoms with Crippen LogP contribution >= 0.6 is 0 Å². The summed E-state index contributed by atoms with van der Waals surface area (Å²) >= 11 is 0. The highest BCUT2D eigenvalue weighted by Gasteiger charge is 2.10. The predicted molar refractivity (Wildman–Crippen MR) is 84.4 cm³/mol. The van der Waals surface area contributed by atoms with Crippen molar-refractivity contribution >= 4 is 22.5 Å². The highest BCUT2D eigenvalue weighted by Crippen LogP contribution is 2.21. The van der Waals surface area contributed by atoms with Crippen LogP contribution in [0.2, 0.25) is 0 Å². The molecule has 1 N–H and O–H groups in total. The van der Waals surface area contributed by atoms with Gasteiger partial charge in [-0.3, -0.25) is 4.79 Å². The van der Waals surface area contributed by atoms with Gasteiger partial charge in [0.2, 0.25) is 5.91 Å². The zero-order chi connectivity index (χ0) is 16.2. The average molecular weight is 315 g/mol. The van der Waals surface area contributed by atoms with Gasteiger partial charge in [-0.1, -0.05) is 30.3 Å². The Morgan fingerprint density at radius 2 is 1.96 bits per heavy atom. The Balaban J connectivity index is 1.65. The number of alkyl halides is 2. The minimum atomic E-state index is -2.67. The van der Waals surface area contributed by atoms with E-state index in [0.717, 1.165) is 5.56 Å². The number of fused-ring (bicyclic) bond motifs is 1. The molecule has 1 heterocycles. The molecular formula is C17H15F2N3O. The Labute approximate surface area is 131 Å². The maximum absolute atomic E-state index is 12.6. The summed E-state index contributed by atoms with van der Waals surface area (Å²) < 4.78 is 25.8. The molecule has 0 aliphatic heterocycles. The monoisotopic (exact) mass is 315 g/mol. The van der Waals surface area contributed by atoms with Gasteiger partial charge in [0, 0.05) is 23.7 Å². The van der Waals surface area contributed by atoms with Crippen LogP contribution in [0.15, 0.2) is 54.7 Å². The number of hydrogen-bond donors (Lipinski definition) is 1. The zero-order valence-electron chi connectivity index (χ0n) is 12.2. The summed E-state index contributed by atoms with van der Waals surface area (Å²) in [6.07, 6.45) is 2.27. The van der Waals surface area contributed by atoms with Gasteiger partial charge in [0.25, 0.3) is 0 Å². The van der Waals surface area contributed by atoms with Crippen LogP contribution in [0, 0.1) is 0 Å². The third kappa shape index (κ3) is 3.71. The number of halogens is 2. The van der Waals surface area contributed by atoms with Crippen LogP contribution in [-0.4, -0.2) is 15.7 Å². The third-order valence-corrected chi connectivity index (χ3v) is 3.49. The minimum Gasteiger partial charge on any atom is -0.326 e. The highest BCUT2D eigenvalue weighted by molar-refractivity contribution is 5.93. The summed E-state index contributed by atoms with van der Waals surface area (Å²) in [5.74, 6) is -0.116. The van der Waals surface area contributed by atoms with E-state index < -0.39 is 6.55 Å². The van der Waals surface area contributed by atoms with Gasteiger partial charge in [0.1, 0.15) is 0 Å². The normalized spacial score (nSPS) is 11.1. The van der Waals surface area contributed by atoms with Crippen molar-refractivity contribution in [1.82, 2.24) is 9.78 Å². The molecule has 0 atom stereocenters. The molecule has 0 aliphatic rings. The Bertz CT molecular complexity index is 815. The van der Waals surface area contributed by atoms with Gasteiger partial charge in [0.05, 0.1) is 5.52 Å². The fourth-order valence-electron chi connectivity index (χ4n) is 2.35. The van der Waals surface area contributed by atoms with Gasteiger partial charge >= 0.3 is 6.55 Å². The Hall–Kier alpha value is -2.76. The van der Waals surface area contributed by atoms with Crippen LogP contribution in [-0.2, 0) is 11.2 Å². The van der Waals surface area contributed by atoms with Crippen LogP contribution in [0.5, 0.6) is 0 Å². The molecule has 118 valence electrons. The van der Waals surface area contributed by atoms with Gasteiger partial charge in [0.15, 0.2) is 0 Å². The molecule has 1 amide bonds. The second kappa shape index (κ2) is 6.56. The van der Waals surface area contributed by atoms with E-state index >= 15 is 0 Å². The maximum Gasteiger partial charge on any atom is 0.333 e. The number of carbonyl (C=O) groups is 1. The Morgan fingerprint density at radius 1 is 1.17 bits per heavy atom. The molecule has 23 heavy (non-hydrogen) atoms. The second-order valence-corrected chi connectivity index (χ2v) is 5.19. The first kappa shape index (κ1) is 15.1. The van der Waals surface area contributed by atoms with E-state index in [4.69, 9.17) is 0 Å². The van der Waals surface area contributed by atoms with Crippen molar-refractivity contribution < 1.29 is 13.6 Å². The number of benzene rings is 2. The predicted octanol–water partition coefficient (Wildman–Crippen LogP) is 4.00. The van der Waals surface area contributed by atoms with Gasteiger partial charge in [-0.25, -0.2) is 4.68 Å². The topological polar surface area (TPSA) is 46.9 Å². The first-order valence-corrected chi connectivity index (χ1v) is 7.23. The Kier molecular flexibility index (Phi) is 4.32. The fraction of sp³-hybridized carbons (Fsp3) is 0.176. The van der Waals surface area contributed by atoms with Crippen molar-refractivity contribution in [3.05, 3.63) is 60.3 Å². The summed E-state index contributed by atoms with van der Waals surface area (Å²) in [6, 6.07) is 14.6. The molecule has 1 aromatic heterocycles. The molecule has 0 unspecified atom stereocenters. The highest BCUT2D eigenvalue weighted by atomic mass is 19.3. The second-order valence-electron chi connectivity index (χ2n) is 5.19. The molecule has 0 fully saturated rings. The van der Waals surface area contributed by atoms with E-state index in [1.165, 1.54) is 6.20 Å². The molecule has 3 rings (SSSR count). The smallest absolute Gasteiger partial charge is 0.326 e. The molecule has 3 aromatic rings. The van der Waals surface area contributed by atoms with Crippen molar-refractivity contribution in [2.24, 2.45) is 0 Å². The SMILES string of the molecule is O=C(CCc1ccccc1)Nc1ccc2nn(C(F)F)cc2c1. The van der Waals surface area contributed by atoms with E-state index in [1.807, 2.05) is 30.3 Å². The van der Waals surface area contributed by atoms with Gasteiger partial charge in [-0.2, -0.15) is 13.9 Å².